The molecule has 0 aliphatic carbocycles. The van der Waals surface area contributed by atoms with Crippen molar-refractivity contribution in [2.24, 2.45) is 0 Å². The Morgan fingerprint density at radius 2 is 1.30 bits per heavy atom. The number of hydrogen-bond acceptors (Lipinski definition) is 4. The molecule has 0 saturated carbocycles. The Labute approximate surface area is 187 Å². The maximum Gasteiger partial charge on any atom is 0.407 e. The Morgan fingerprint density at radius 3 is 1.83 bits per heavy atom. The molecule has 5 nitrogen and oxygen atoms in total. The first-order chi connectivity index (χ1) is 14.6. The number of alkyl carbamates (subject to hydrolysis) is 1. The molecular formula is C25H52N2O3. The van der Waals surface area contributed by atoms with E-state index < -0.39 is 0 Å². The minimum Gasteiger partial charge on any atom is -0.450 e. The summed E-state index contributed by atoms with van der Waals surface area (Å²) in [6, 6.07) is 0. The number of unbranched alkanes of at least 4 members (excludes halogenated alkanes) is 12. The van der Waals surface area contributed by atoms with Crippen molar-refractivity contribution in [3.8, 4) is 0 Å². The van der Waals surface area contributed by atoms with E-state index in [1.165, 1.54) is 77.0 Å². The van der Waals surface area contributed by atoms with E-state index in [1.807, 2.05) is 14.1 Å². The summed E-state index contributed by atoms with van der Waals surface area (Å²) < 4.78 is 5.15. The molecule has 0 bridgehead atoms. The van der Waals surface area contributed by atoms with Crippen LogP contribution in [0.5, 0.6) is 0 Å². The minimum atomic E-state index is -0.347. The fourth-order valence-corrected chi connectivity index (χ4v) is 3.66. The molecule has 0 heterocycles. The zero-order chi connectivity index (χ0) is 22.3. The summed E-state index contributed by atoms with van der Waals surface area (Å²) in [6.45, 7) is 4.24. The van der Waals surface area contributed by atoms with Crippen LogP contribution in [0.3, 0.4) is 0 Å². The molecule has 1 amide bonds. The van der Waals surface area contributed by atoms with Gasteiger partial charge in [-0.3, -0.25) is 0 Å². The van der Waals surface area contributed by atoms with Gasteiger partial charge in [0.15, 0.2) is 0 Å². The molecular weight excluding hydrogens is 376 g/mol. The number of ether oxygens (including phenoxy) is 1. The van der Waals surface area contributed by atoms with Gasteiger partial charge in [-0.05, 0) is 46.3 Å². The highest BCUT2D eigenvalue weighted by atomic mass is 16.5. The number of amides is 1. The highest BCUT2D eigenvalue weighted by Crippen LogP contribution is 2.14. The van der Waals surface area contributed by atoms with Crippen LogP contribution in [0.25, 0.3) is 0 Å². The molecule has 2 N–H and O–H groups in total. The Kier molecular flexibility index (Phi) is 22.2. The number of aliphatic hydroxyl groups excluding tert-OH is 1. The highest BCUT2D eigenvalue weighted by Gasteiger charge is 2.06. The van der Waals surface area contributed by atoms with Crippen molar-refractivity contribution in [3.05, 3.63) is 0 Å². The fourth-order valence-electron chi connectivity index (χ4n) is 3.66. The second kappa shape index (κ2) is 22.9. The summed E-state index contributed by atoms with van der Waals surface area (Å²) in [5.74, 6) is 0. The zero-order valence-corrected chi connectivity index (χ0v) is 20.4. The van der Waals surface area contributed by atoms with Crippen LogP contribution in [0.2, 0.25) is 0 Å². The lowest BCUT2D eigenvalue weighted by molar-refractivity contribution is 0.118. The highest BCUT2D eigenvalue weighted by molar-refractivity contribution is 5.66. The minimum absolute atomic E-state index is 0.260. The van der Waals surface area contributed by atoms with Crippen LogP contribution in [0.15, 0.2) is 0 Å². The Balaban J connectivity index is 3.27. The lowest BCUT2D eigenvalue weighted by Gasteiger charge is -2.12. The first kappa shape index (κ1) is 29.2. The standard InChI is InChI=1S/C25H52N2O3/c1-4-5-6-7-8-9-10-11-12-13-14-15-16-19-24(28)20-17-23-30-25(29)26-21-18-22-27(2)3/h24,28H,4-23H2,1-3H3,(H,26,29). The van der Waals surface area contributed by atoms with Crippen LogP contribution in [0, 0.1) is 0 Å². The van der Waals surface area contributed by atoms with Crippen molar-refractivity contribution in [1.29, 1.82) is 0 Å². The number of rotatable bonds is 22. The number of carbonyl (C=O) groups excluding carboxylic acids is 1. The number of hydrogen-bond donors (Lipinski definition) is 2. The molecule has 0 aliphatic heterocycles. The molecule has 0 fully saturated rings. The molecule has 1 unspecified atom stereocenters. The summed E-state index contributed by atoms with van der Waals surface area (Å²) in [6.07, 6.45) is 20.1. The molecule has 0 spiro atoms. The maximum absolute atomic E-state index is 11.5. The average molecular weight is 429 g/mol. The zero-order valence-electron chi connectivity index (χ0n) is 20.4. The van der Waals surface area contributed by atoms with Gasteiger partial charge in [0, 0.05) is 6.54 Å². The molecule has 0 aromatic rings. The lowest BCUT2D eigenvalue weighted by Crippen LogP contribution is -2.28. The van der Waals surface area contributed by atoms with E-state index in [9.17, 15) is 9.90 Å². The predicted octanol–water partition coefficient (Wildman–Crippen LogP) is 6.29. The van der Waals surface area contributed by atoms with Gasteiger partial charge in [-0.15, -0.1) is 0 Å². The van der Waals surface area contributed by atoms with Gasteiger partial charge < -0.3 is 20.1 Å². The van der Waals surface area contributed by atoms with Gasteiger partial charge in [0.2, 0.25) is 0 Å². The monoisotopic (exact) mass is 428 g/mol. The van der Waals surface area contributed by atoms with Gasteiger partial charge >= 0.3 is 6.09 Å². The van der Waals surface area contributed by atoms with E-state index in [0.717, 1.165) is 32.2 Å². The third-order valence-corrected chi connectivity index (χ3v) is 5.61. The van der Waals surface area contributed by atoms with E-state index >= 15 is 0 Å². The molecule has 0 radical (unpaired) electrons. The largest absolute Gasteiger partial charge is 0.450 e. The van der Waals surface area contributed by atoms with Crippen LogP contribution in [0.1, 0.15) is 116 Å². The van der Waals surface area contributed by atoms with E-state index in [0.29, 0.717) is 19.6 Å². The van der Waals surface area contributed by atoms with Crippen molar-refractivity contribution in [2.75, 3.05) is 33.8 Å². The van der Waals surface area contributed by atoms with Gasteiger partial charge in [0.1, 0.15) is 0 Å². The SMILES string of the molecule is CCCCCCCCCCCCCCCC(O)CCCOC(=O)NCCCN(C)C. The Hall–Kier alpha value is -0.810. The molecule has 5 heteroatoms. The van der Waals surface area contributed by atoms with Gasteiger partial charge in [-0.2, -0.15) is 0 Å². The predicted molar refractivity (Wildman–Crippen MR) is 128 cm³/mol. The number of aliphatic hydroxyl groups is 1. The summed E-state index contributed by atoms with van der Waals surface area (Å²) in [4.78, 5) is 13.6. The van der Waals surface area contributed by atoms with Crippen LogP contribution in [-0.2, 0) is 4.74 Å². The first-order valence-electron chi connectivity index (χ1n) is 12.8. The number of nitrogens with zero attached hydrogens (tertiary/aromatic N) is 1. The van der Waals surface area contributed by atoms with E-state index in [1.54, 1.807) is 0 Å². The Bertz CT molecular complexity index is 364. The molecule has 30 heavy (non-hydrogen) atoms. The van der Waals surface area contributed by atoms with E-state index in [4.69, 9.17) is 4.74 Å². The van der Waals surface area contributed by atoms with Crippen LogP contribution in [-0.4, -0.2) is 56.0 Å². The molecule has 0 aliphatic rings. The second-order valence-electron chi connectivity index (χ2n) is 9.05. The fraction of sp³-hybridized carbons (Fsp3) is 0.960. The molecule has 1 atom stereocenters. The van der Waals surface area contributed by atoms with Crippen molar-refractivity contribution in [2.45, 2.75) is 122 Å². The summed E-state index contributed by atoms with van der Waals surface area (Å²) in [7, 11) is 4.03. The van der Waals surface area contributed by atoms with Crippen molar-refractivity contribution in [1.82, 2.24) is 10.2 Å². The topological polar surface area (TPSA) is 61.8 Å². The molecule has 0 rings (SSSR count). The first-order valence-corrected chi connectivity index (χ1v) is 12.8. The van der Waals surface area contributed by atoms with E-state index in [2.05, 4.69) is 17.1 Å². The lowest BCUT2D eigenvalue weighted by atomic mass is 10.0. The van der Waals surface area contributed by atoms with Gasteiger partial charge in [-0.25, -0.2) is 4.79 Å². The normalized spacial score (nSPS) is 12.3. The molecule has 0 aromatic carbocycles. The Morgan fingerprint density at radius 1 is 0.800 bits per heavy atom. The maximum atomic E-state index is 11.5. The smallest absolute Gasteiger partial charge is 0.407 e. The molecule has 0 saturated heterocycles. The number of nitrogens with one attached hydrogen (secondary N) is 1. The second-order valence-corrected chi connectivity index (χ2v) is 9.05. The van der Waals surface area contributed by atoms with Crippen LogP contribution in [0.4, 0.5) is 4.79 Å². The van der Waals surface area contributed by atoms with E-state index in [-0.39, 0.29) is 12.2 Å². The number of carbonyl (C=O) groups is 1. The van der Waals surface area contributed by atoms with Gasteiger partial charge in [-0.1, -0.05) is 90.4 Å². The summed E-state index contributed by atoms with van der Waals surface area (Å²) in [5.41, 5.74) is 0. The average Bonchev–Trinajstić information content (AvgIpc) is 2.72. The van der Waals surface area contributed by atoms with Crippen molar-refractivity contribution >= 4 is 6.09 Å². The quantitative estimate of drug-likeness (QED) is 0.199. The van der Waals surface area contributed by atoms with Crippen LogP contribution >= 0.6 is 0 Å². The summed E-state index contributed by atoms with van der Waals surface area (Å²) in [5, 5.41) is 12.8. The van der Waals surface area contributed by atoms with Crippen molar-refractivity contribution < 1.29 is 14.6 Å². The third kappa shape index (κ3) is 23.5. The van der Waals surface area contributed by atoms with Crippen molar-refractivity contribution in [3.63, 3.8) is 0 Å². The van der Waals surface area contributed by atoms with Gasteiger partial charge in [0.05, 0.1) is 12.7 Å². The van der Waals surface area contributed by atoms with Crippen LogP contribution < -0.4 is 5.32 Å². The third-order valence-electron chi connectivity index (χ3n) is 5.61. The van der Waals surface area contributed by atoms with Gasteiger partial charge in [0.25, 0.3) is 0 Å². The summed E-state index contributed by atoms with van der Waals surface area (Å²) >= 11 is 0. The molecule has 0 aromatic heterocycles. The molecule has 180 valence electrons.